The lowest BCUT2D eigenvalue weighted by atomic mass is 9.90. The summed E-state index contributed by atoms with van der Waals surface area (Å²) in [6, 6.07) is 0. The fourth-order valence-electron chi connectivity index (χ4n) is 1.56. The lowest BCUT2D eigenvalue weighted by Crippen LogP contribution is -2.57. The summed E-state index contributed by atoms with van der Waals surface area (Å²) < 4.78 is 64.8. The first-order valence-corrected chi connectivity index (χ1v) is 5.29. The van der Waals surface area contributed by atoms with Crippen molar-refractivity contribution in [2.45, 2.75) is 24.1 Å². The molecule has 5 nitrogen and oxygen atoms in total. The topological polar surface area (TPSA) is 75.3 Å². The van der Waals surface area contributed by atoms with Crippen molar-refractivity contribution in [3.8, 4) is 0 Å². The molecule has 0 radical (unpaired) electrons. The molecule has 0 spiro atoms. The van der Waals surface area contributed by atoms with Crippen molar-refractivity contribution in [3.63, 3.8) is 0 Å². The Balaban J connectivity index is 0.00000400. The summed E-state index contributed by atoms with van der Waals surface area (Å²) in [7, 11) is 0.962. The zero-order chi connectivity index (χ0) is 15.9. The summed E-state index contributed by atoms with van der Waals surface area (Å²) in [5, 5.41) is 17.9. The molecule has 0 bridgehead atoms. The van der Waals surface area contributed by atoms with Crippen molar-refractivity contribution in [3.05, 3.63) is 17.2 Å². The van der Waals surface area contributed by atoms with Gasteiger partial charge in [0.15, 0.2) is 0 Å². The first-order chi connectivity index (χ1) is 8.84. The number of alkyl halides is 5. The third kappa shape index (κ3) is 3.22. The van der Waals surface area contributed by atoms with Crippen LogP contribution in [0.2, 0.25) is 5.15 Å². The van der Waals surface area contributed by atoms with Gasteiger partial charge in [-0.3, -0.25) is 4.79 Å². The molecular weight excluding hydrogens is 350 g/mol. The molecule has 1 atom stereocenters. The number of aromatic nitrogens is 2. The number of carboxylic acid groups (broad SMARTS) is 1. The van der Waals surface area contributed by atoms with Gasteiger partial charge < -0.3 is 14.8 Å². The number of nitrogens with zero attached hydrogens (tertiary/aromatic N) is 2. The lowest BCUT2D eigenvalue weighted by molar-refractivity contribution is -0.348. The quantitative estimate of drug-likeness (QED) is 0.810. The molecular formula is C9H9Cl2F5N2O3. The lowest BCUT2D eigenvalue weighted by Gasteiger charge is -2.35. The molecule has 2 N–H and O–H groups in total. The third-order valence-corrected chi connectivity index (χ3v) is 2.94. The normalized spacial score (nSPS) is 15.2. The number of halogens is 7. The van der Waals surface area contributed by atoms with Gasteiger partial charge in [0.1, 0.15) is 11.0 Å². The van der Waals surface area contributed by atoms with Gasteiger partial charge in [-0.2, -0.15) is 22.0 Å². The van der Waals surface area contributed by atoms with E-state index in [2.05, 4.69) is 4.98 Å². The van der Waals surface area contributed by atoms with E-state index in [9.17, 15) is 31.9 Å². The highest BCUT2D eigenvalue weighted by molar-refractivity contribution is 6.29. The predicted molar refractivity (Wildman–Crippen MR) is 62.6 cm³/mol. The summed E-state index contributed by atoms with van der Waals surface area (Å²) in [5.74, 6) is -9.00. The van der Waals surface area contributed by atoms with Crippen LogP contribution in [0.15, 0.2) is 6.20 Å². The van der Waals surface area contributed by atoms with Crippen LogP contribution < -0.4 is 0 Å². The smallest absolute Gasteiger partial charge is 0.456 e. The second-order valence-electron chi connectivity index (χ2n) is 3.97. The van der Waals surface area contributed by atoms with Crippen LogP contribution in [-0.4, -0.2) is 37.8 Å². The highest BCUT2D eigenvalue weighted by atomic mass is 35.5. The third-order valence-electron chi connectivity index (χ3n) is 2.58. The largest absolute Gasteiger partial charge is 0.481 e. The average molecular weight is 359 g/mol. The molecule has 122 valence electrons. The fourth-order valence-corrected chi connectivity index (χ4v) is 1.69. The van der Waals surface area contributed by atoms with Crippen LogP contribution in [0, 0.1) is 0 Å². The molecule has 0 fully saturated rings. The average Bonchev–Trinajstić information content (AvgIpc) is 2.57. The number of hydrogen-bond acceptors (Lipinski definition) is 3. The Morgan fingerprint density at radius 3 is 2.14 bits per heavy atom. The molecule has 1 aromatic heterocycles. The number of aliphatic hydroxyl groups is 1. The van der Waals surface area contributed by atoms with E-state index in [0.29, 0.717) is 4.57 Å². The first-order valence-electron chi connectivity index (χ1n) is 4.91. The van der Waals surface area contributed by atoms with Crippen molar-refractivity contribution in [1.82, 2.24) is 9.55 Å². The van der Waals surface area contributed by atoms with Gasteiger partial charge in [0.2, 0.25) is 5.60 Å². The Morgan fingerprint density at radius 1 is 1.38 bits per heavy atom. The standard InChI is InChI=1S/C9H8ClF5N2O3.ClH/c1-17-4(10)3-16-6(17)7(20,2-5(18)19)8(11,12)9(13,14)15;/h3,20H,2H2,1H3,(H,18,19);1H. The summed E-state index contributed by atoms with van der Waals surface area (Å²) >= 11 is 5.45. The second-order valence-corrected chi connectivity index (χ2v) is 4.35. The predicted octanol–water partition coefficient (Wildman–Crippen LogP) is 2.36. The number of carbonyl (C=O) groups is 1. The molecule has 1 rings (SSSR count). The van der Waals surface area contributed by atoms with E-state index in [-0.39, 0.29) is 17.6 Å². The van der Waals surface area contributed by atoms with Crippen molar-refractivity contribution in [2.24, 2.45) is 7.05 Å². The van der Waals surface area contributed by atoms with E-state index < -0.39 is 35.9 Å². The monoisotopic (exact) mass is 358 g/mol. The van der Waals surface area contributed by atoms with E-state index in [0.717, 1.165) is 13.2 Å². The van der Waals surface area contributed by atoms with Gasteiger partial charge in [-0.15, -0.1) is 12.4 Å². The molecule has 0 amide bonds. The summed E-state index contributed by atoms with van der Waals surface area (Å²) in [4.78, 5) is 13.7. The van der Waals surface area contributed by atoms with Crippen LogP contribution >= 0.6 is 24.0 Å². The van der Waals surface area contributed by atoms with E-state index in [1.807, 2.05) is 0 Å². The SMILES string of the molecule is Cl.Cn1c(Cl)cnc1C(O)(CC(=O)O)C(F)(F)C(F)(F)F. The van der Waals surface area contributed by atoms with E-state index >= 15 is 0 Å². The molecule has 0 aliphatic carbocycles. The maximum Gasteiger partial charge on any atom is 0.456 e. The van der Waals surface area contributed by atoms with Crippen molar-refractivity contribution in [1.29, 1.82) is 0 Å². The van der Waals surface area contributed by atoms with Gasteiger partial charge in [-0.05, 0) is 0 Å². The van der Waals surface area contributed by atoms with E-state index in [4.69, 9.17) is 16.7 Å². The van der Waals surface area contributed by atoms with E-state index in [1.54, 1.807) is 0 Å². The van der Waals surface area contributed by atoms with Crippen LogP contribution in [0.1, 0.15) is 12.2 Å². The van der Waals surface area contributed by atoms with Crippen LogP contribution in [-0.2, 0) is 17.4 Å². The highest BCUT2D eigenvalue weighted by Gasteiger charge is 2.72. The maximum atomic E-state index is 13.5. The zero-order valence-corrected chi connectivity index (χ0v) is 11.7. The number of aliphatic carboxylic acids is 1. The molecule has 1 heterocycles. The minimum atomic E-state index is -6.17. The fraction of sp³-hybridized carbons (Fsp3) is 0.556. The molecule has 1 unspecified atom stereocenters. The van der Waals surface area contributed by atoms with Gasteiger partial charge in [0, 0.05) is 7.05 Å². The molecule has 12 heteroatoms. The number of imidazole rings is 1. The minimum absolute atomic E-state index is 0. The Kier molecular flexibility index (Phi) is 5.61. The Bertz CT molecular complexity index is 534. The van der Waals surface area contributed by atoms with Crippen molar-refractivity contribution in [2.75, 3.05) is 0 Å². The van der Waals surface area contributed by atoms with Crippen LogP contribution in [0.4, 0.5) is 22.0 Å². The van der Waals surface area contributed by atoms with Crippen LogP contribution in [0.5, 0.6) is 0 Å². The summed E-state index contributed by atoms with van der Waals surface area (Å²) in [6.07, 6.45) is -7.35. The second kappa shape index (κ2) is 5.93. The molecule has 0 aliphatic rings. The molecule has 21 heavy (non-hydrogen) atoms. The number of rotatable bonds is 4. The van der Waals surface area contributed by atoms with Gasteiger partial charge in [-0.1, -0.05) is 11.6 Å². The minimum Gasteiger partial charge on any atom is -0.481 e. The maximum absolute atomic E-state index is 13.5. The number of carboxylic acids is 1. The van der Waals surface area contributed by atoms with Gasteiger partial charge in [0.05, 0.1) is 12.6 Å². The highest BCUT2D eigenvalue weighted by Crippen LogP contribution is 2.49. The zero-order valence-electron chi connectivity index (χ0n) is 10.2. The molecule has 0 saturated carbocycles. The molecule has 0 aliphatic heterocycles. The number of hydrogen-bond donors (Lipinski definition) is 2. The molecule has 0 saturated heterocycles. The van der Waals surface area contributed by atoms with Crippen molar-refractivity contribution >= 4 is 30.0 Å². The van der Waals surface area contributed by atoms with Gasteiger partial charge in [-0.25, -0.2) is 4.98 Å². The summed E-state index contributed by atoms with van der Waals surface area (Å²) in [6.45, 7) is 0. The Labute approximate surface area is 125 Å². The van der Waals surface area contributed by atoms with Crippen LogP contribution in [0.3, 0.4) is 0 Å². The van der Waals surface area contributed by atoms with E-state index in [1.165, 1.54) is 0 Å². The molecule has 0 aromatic carbocycles. The molecule has 1 aromatic rings. The van der Waals surface area contributed by atoms with Crippen LogP contribution in [0.25, 0.3) is 0 Å². The first kappa shape index (κ1) is 19.9. The summed E-state index contributed by atoms with van der Waals surface area (Å²) in [5.41, 5.74) is -4.08. The Hall–Kier alpha value is -1.13. The Morgan fingerprint density at radius 2 is 1.86 bits per heavy atom. The van der Waals surface area contributed by atoms with Gasteiger partial charge in [0.25, 0.3) is 0 Å². The van der Waals surface area contributed by atoms with Gasteiger partial charge >= 0.3 is 18.1 Å². The van der Waals surface area contributed by atoms with Crippen molar-refractivity contribution < 1.29 is 37.0 Å².